The molecule has 1 aromatic carbocycles. The number of halogens is 1. The maximum absolute atomic E-state index is 13.4. The molecule has 128 valence electrons. The van der Waals surface area contributed by atoms with Gasteiger partial charge < -0.3 is 9.42 Å². The summed E-state index contributed by atoms with van der Waals surface area (Å²) in [6, 6.07) is 9.68. The Balaban J connectivity index is 1.50. The Morgan fingerprint density at radius 2 is 2.24 bits per heavy atom. The minimum Gasteiger partial charge on any atom is -0.339 e. The number of likely N-dealkylation sites (tertiary alicyclic amines) is 1. The highest BCUT2D eigenvalue weighted by Gasteiger charge is 2.29. The second kappa shape index (κ2) is 6.76. The van der Waals surface area contributed by atoms with Crippen LogP contribution in [0.1, 0.15) is 35.0 Å². The number of carbonyl (C=O) groups excluding carboxylic acids is 1. The average Bonchev–Trinajstić information content (AvgIpc) is 3.32. The van der Waals surface area contributed by atoms with E-state index < -0.39 is 5.82 Å². The molecule has 5 nitrogen and oxygen atoms in total. The lowest BCUT2D eigenvalue weighted by molar-refractivity contribution is 0.0695. The van der Waals surface area contributed by atoms with E-state index in [2.05, 4.69) is 10.1 Å². The van der Waals surface area contributed by atoms with Crippen molar-refractivity contribution < 1.29 is 13.7 Å². The quantitative estimate of drug-likeness (QED) is 0.712. The zero-order valence-corrected chi connectivity index (χ0v) is 14.2. The third kappa shape index (κ3) is 3.32. The van der Waals surface area contributed by atoms with Gasteiger partial charge in [-0.25, -0.2) is 4.39 Å². The Bertz CT molecular complexity index is 878. The third-order valence-corrected chi connectivity index (χ3v) is 5.18. The van der Waals surface area contributed by atoms with Gasteiger partial charge in [0.15, 0.2) is 0 Å². The van der Waals surface area contributed by atoms with Crippen molar-refractivity contribution >= 4 is 17.2 Å². The van der Waals surface area contributed by atoms with E-state index in [1.54, 1.807) is 28.4 Å². The number of benzene rings is 1. The molecule has 1 atom stereocenters. The van der Waals surface area contributed by atoms with Gasteiger partial charge in [-0.1, -0.05) is 17.3 Å². The van der Waals surface area contributed by atoms with E-state index in [-0.39, 0.29) is 11.8 Å². The zero-order valence-electron chi connectivity index (χ0n) is 13.4. The van der Waals surface area contributed by atoms with Crippen molar-refractivity contribution in [1.29, 1.82) is 0 Å². The van der Waals surface area contributed by atoms with Crippen LogP contribution in [-0.2, 0) is 0 Å². The van der Waals surface area contributed by atoms with Crippen molar-refractivity contribution in [2.24, 2.45) is 0 Å². The first-order valence-corrected chi connectivity index (χ1v) is 9.01. The van der Waals surface area contributed by atoms with Gasteiger partial charge in [-0.2, -0.15) is 4.98 Å². The van der Waals surface area contributed by atoms with Crippen molar-refractivity contribution in [3.63, 3.8) is 0 Å². The molecule has 1 fully saturated rings. The van der Waals surface area contributed by atoms with Crippen LogP contribution >= 0.6 is 11.3 Å². The molecule has 0 spiro atoms. The van der Waals surface area contributed by atoms with Crippen molar-refractivity contribution in [3.8, 4) is 10.7 Å². The third-order valence-electron chi connectivity index (χ3n) is 4.31. The number of nitrogens with zero attached hydrogens (tertiary/aromatic N) is 3. The Kier molecular flexibility index (Phi) is 4.31. The summed E-state index contributed by atoms with van der Waals surface area (Å²) in [6.07, 6.45) is 1.74. The summed E-state index contributed by atoms with van der Waals surface area (Å²) in [5.41, 5.74) is 0.366. The zero-order chi connectivity index (χ0) is 17.2. The average molecular weight is 357 g/mol. The van der Waals surface area contributed by atoms with E-state index in [9.17, 15) is 9.18 Å². The predicted molar refractivity (Wildman–Crippen MR) is 91.9 cm³/mol. The highest BCUT2D eigenvalue weighted by atomic mass is 32.1. The molecular formula is C18H16FN3O2S. The lowest BCUT2D eigenvalue weighted by Crippen LogP contribution is -2.39. The van der Waals surface area contributed by atoms with Gasteiger partial charge in [-0.3, -0.25) is 4.79 Å². The number of hydrogen-bond acceptors (Lipinski definition) is 5. The van der Waals surface area contributed by atoms with Gasteiger partial charge in [0.1, 0.15) is 5.82 Å². The molecule has 0 aliphatic carbocycles. The molecule has 0 bridgehead atoms. The topological polar surface area (TPSA) is 59.2 Å². The molecule has 7 heteroatoms. The van der Waals surface area contributed by atoms with Crippen LogP contribution in [-0.4, -0.2) is 34.0 Å². The monoisotopic (exact) mass is 357 g/mol. The van der Waals surface area contributed by atoms with Gasteiger partial charge in [0.25, 0.3) is 5.91 Å². The van der Waals surface area contributed by atoms with Gasteiger partial charge >= 0.3 is 0 Å². The number of aromatic nitrogens is 2. The van der Waals surface area contributed by atoms with E-state index in [0.717, 1.165) is 17.7 Å². The first-order chi connectivity index (χ1) is 12.2. The summed E-state index contributed by atoms with van der Waals surface area (Å²) in [4.78, 5) is 19.8. The molecule has 1 unspecified atom stereocenters. The van der Waals surface area contributed by atoms with Gasteiger partial charge in [-0.05, 0) is 42.5 Å². The summed E-state index contributed by atoms with van der Waals surface area (Å²) in [5.74, 6) is 0.574. The van der Waals surface area contributed by atoms with Crippen LogP contribution in [0, 0.1) is 5.82 Å². The number of thiophene rings is 1. The second-order valence-corrected chi connectivity index (χ2v) is 6.98. The smallest absolute Gasteiger partial charge is 0.253 e. The fourth-order valence-corrected chi connectivity index (χ4v) is 3.72. The summed E-state index contributed by atoms with van der Waals surface area (Å²) >= 11 is 1.56. The Hall–Kier alpha value is -2.54. The molecule has 1 aliphatic heterocycles. The normalized spacial score (nSPS) is 17.6. The first-order valence-electron chi connectivity index (χ1n) is 8.13. The molecule has 2 aromatic heterocycles. The van der Waals surface area contributed by atoms with Crippen molar-refractivity contribution in [2.45, 2.75) is 18.8 Å². The minimum absolute atomic E-state index is 0.00692. The summed E-state index contributed by atoms with van der Waals surface area (Å²) in [7, 11) is 0. The molecule has 0 radical (unpaired) electrons. The summed E-state index contributed by atoms with van der Waals surface area (Å²) in [5, 5.41) is 6.01. The van der Waals surface area contributed by atoms with E-state index in [0.29, 0.717) is 30.4 Å². The van der Waals surface area contributed by atoms with Crippen molar-refractivity contribution in [1.82, 2.24) is 15.0 Å². The van der Waals surface area contributed by atoms with E-state index in [1.807, 2.05) is 17.5 Å². The first kappa shape index (κ1) is 16.0. The number of piperidine rings is 1. The SMILES string of the molecule is O=C(c1cccc(F)c1)N1CCCC(c2nc(-c3cccs3)no2)C1. The van der Waals surface area contributed by atoms with Gasteiger partial charge in [-0.15, -0.1) is 11.3 Å². The van der Waals surface area contributed by atoms with Crippen LogP contribution in [0.5, 0.6) is 0 Å². The number of rotatable bonds is 3. The summed E-state index contributed by atoms with van der Waals surface area (Å²) in [6.45, 7) is 1.15. The van der Waals surface area contributed by atoms with E-state index >= 15 is 0 Å². The highest BCUT2D eigenvalue weighted by molar-refractivity contribution is 7.13. The van der Waals surface area contributed by atoms with E-state index in [1.165, 1.54) is 12.1 Å². The molecular weight excluding hydrogens is 341 g/mol. The van der Waals surface area contributed by atoms with Crippen LogP contribution in [0.3, 0.4) is 0 Å². The van der Waals surface area contributed by atoms with Crippen LogP contribution in [0.2, 0.25) is 0 Å². The molecule has 1 amide bonds. The Morgan fingerprint density at radius 1 is 1.32 bits per heavy atom. The number of carbonyl (C=O) groups is 1. The second-order valence-electron chi connectivity index (χ2n) is 6.03. The lowest BCUT2D eigenvalue weighted by Gasteiger charge is -2.31. The Morgan fingerprint density at radius 3 is 3.04 bits per heavy atom. The molecule has 3 aromatic rings. The molecule has 25 heavy (non-hydrogen) atoms. The number of hydrogen-bond donors (Lipinski definition) is 0. The highest BCUT2D eigenvalue weighted by Crippen LogP contribution is 2.29. The maximum atomic E-state index is 13.4. The molecule has 0 saturated carbocycles. The van der Waals surface area contributed by atoms with E-state index in [4.69, 9.17) is 4.52 Å². The van der Waals surface area contributed by atoms with Crippen molar-refractivity contribution in [3.05, 3.63) is 59.0 Å². The lowest BCUT2D eigenvalue weighted by atomic mass is 9.97. The molecule has 1 saturated heterocycles. The number of amides is 1. The molecule has 0 N–H and O–H groups in total. The standard InChI is InChI=1S/C18H16FN3O2S/c19-14-6-1-4-12(10-14)18(23)22-8-2-5-13(11-22)17-20-16(21-24-17)15-7-3-9-25-15/h1,3-4,6-7,9-10,13H,2,5,8,11H2. The van der Waals surface area contributed by atoms with Crippen LogP contribution in [0.25, 0.3) is 10.7 Å². The summed E-state index contributed by atoms with van der Waals surface area (Å²) < 4.78 is 18.8. The largest absolute Gasteiger partial charge is 0.339 e. The fraction of sp³-hybridized carbons (Fsp3) is 0.278. The van der Waals surface area contributed by atoms with Crippen LogP contribution < -0.4 is 0 Å². The maximum Gasteiger partial charge on any atom is 0.253 e. The predicted octanol–water partition coefficient (Wildman–Crippen LogP) is 3.96. The minimum atomic E-state index is -0.406. The fourth-order valence-electron chi connectivity index (χ4n) is 3.07. The molecule has 4 rings (SSSR count). The van der Waals surface area contributed by atoms with Gasteiger partial charge in [0, 0.05) is 18.7 Å². The Labute approximate surface area is 148 Å². The molecule has 1 aliphatic rings. The van der Waals surface area contributed by atoms with Crippen LogP contribution in [0.4, 0.5) is 4.39 Å². The van der Waals surface area contributed by atoms with Crippen molar-refractivity contribution in [2.75, 3.05) is 13.1 Å². The van der Waals surface area contributed by atoms with Crippen LogP contribution in [0.15, 0.2) is 46.3 Å². The molecule has 3 heterocycles. The van der Waals surface area contributed by atoms with Gasteiger partial charge in [0.05, 0.1) is 10.8 Å². The van der Waals surface area contributed by atoms with Gasteiger partial charge in [0.2, 0.25) is 11.7 Å².